The van der Waals surface area contributed by atoms with Crippen LogP contribution >= 0.6 is 0 Å². The first-order valence-corrected chi connectivity index (χ1v) is 6.36. The normalized spacial score (nSPS) is 22.2. The number of rotatable bonds is 4. The van der Waals surface area contributed by atoms with Crippen LogP contribution in [0.2, 0.25) is 0 Å². The first-order valence-electron chi connectivity index (χ1n) is 6.36. The molecule has 0 aromatic heterocycles. The van der Waals surface area contributed by atoms with Crippen LogP contribution < -0.4 is 10.6 Å². The smallest absolute Gasteiger partial charge is 0.251 e. The maximum Gasteiger partial charge on any atom is 0.251 e. The van der Waals surface area contributed by atoms with Crippen LogP contribution in [0.25, 0.3) is 0 Å². The monoisotopic (exact) mass is 262 g/mol. The second kappa shape index (κ2) is 5.95. The molecule has 0 saturated carbocycles. The summed E-state index contributed by atoms with van der Waals surface area (Å²) in [5.41, 5.74) is 1.11. The molecule has 0 radical (unpaired) electrons. The van der Waals surface area contributed by atoms with Gasteiger partial charge >= 0.3 is 0 Å². The van der Waals surface area contributed by atoms with Gasteiger partial charge in [0.1, 0.15) is 0 Å². The van der Waals surface area contributed by atoms with Crippen molar-refractivity contribution in [1.82, 2.24) is 10.6 Å². The molecular formula is C14H18N2O3. The number of ketones is 1. The Labute approximate surface area is 112 Å². The molecule has 1 aromatic rings. The largest absolute Gasteiger partial charge is 0.391 e. The average molecular weight is 262 g/mol. The van der Waals surface area contributed by atoms with Gasteiger partial charge < -0.3 is 15.7 Å². The van der Waals surface area contributed by atoms with E-state index in [1.54, 1.807) is 24.3 Å². The van der Waals surface area contributed by atoms with Crippen LogP contribution in [0.1, 0.15) is 27.6 Å². The van der Waals surface area contributed by atoms with Crippen molar-refractivity contribution in [3.05, 3.63) is 35.4 Å². The molecule has 3 N–H and O–H groups in total. The summed E-state index contributed by atoms with van der Waals surface area (Å²) in [4.78, 5) is 23.0. The van der Waals surface area contributed by atoms with Gasteiger partial charge in [0, 0.05) is 36.7 Å². The summed E-state index contributed by atoms with van der Waals surface area (Å²) in [5, 5.41) is 15.5. The number of hydrogen-bond acceptors (Lipinski definition) is 4. The Morgan fingerprint density at radius 3 is 2.42 bits per heavy atom. The summed E-state index contributed by atoms with van der Waals surface area (Å²) < 4.78 is 0. The number of hydrogen-bond donors (Lipinski definition) is 3. The molecule has 5 heteroatoms. The van der Waals surface area contributed by atoms with Gasteiger partial charge in [-0.25, -0.2) is 0 Å². The summed E-state index contributed by atoms with van der Waals surface area (Å²) in [5.74, 6) is -0.151. The Bertz CT molecular complexity index is 470. The molecule has 1 fully saturated rings. The minimum atomic E-state index is -0.402. The Balaban J connectivity index is 1.90. The van der Waals surface area contributed by atoms with Gasteiger partial charge in [0.25, 0.3) is 5.91 Å². The molecule has 19 heavy (non-hydrogen) atoms. The van der Waals surface area contributed by atoms with Gasteiger partial charge in [0.15, 0.2) is 5.78 Å². The van der Waals surface area contributed by atoms with Gasteiger partial charge in [-0.3, -0.25) is 9.59 Å². The lowest BCUT2D eigenvalue weighted by Crippen LogP contribution is -2.34. The number of β-amino-alcohol motifs (C(OH)–C–C–N with tert-alkyl or cyclic N) is 1. The van der Waals surface area contributed by atoms with Crippen molar-refractivity contribution in [3.8, 4) is 0 Å². The van der Waals surface area contributed by atoms with Crippen LogP contribution in [0.3, 0.4) is 0 Å². The maximum absolute atomic E-state index is 11.9. The van der Waals surface area contributed by atoms with Crippen molar-refractivity contribution in [3.63, 3.8) is 0 Å². The van der Waals surface area contributed by atoms with E-state index in [1.807, 2.05) is 0 Å². The highest BCUT2D eigenvalue weighted by Gasteiger charge is 2.25. The van der Waals surface area contributed by atoms with Crippen molar-refractivity contribution in [2.75, 3.05) is 19.6 Å². The SMILES string of the molecule is CC(=O)c1ccc(C(=O)NCC2CNCC2O)cc1. The molecule has 0 aliphatic carbocycles. The molecule has 1 heterocycles. The summed E-state index contributed by atoms with van der Waals surface area (Å²) in [6.07, 6.45) is -0.402. The second-order valence-electron chi connectivity index (χ2n) is 4.83. The highest BCUT2D eigenvalue weighted by atomic mass is 16.3. The molecule has 102 valence electrons. The van der Waals surface area contributed by atoms with E-state index in [9.17, 15) is 14.7 Å². The third kappa shape index (κ3) is 3.39. The zero-order valence-corrected chi connectivity index (χ0v) is 10.8. The predicted octanol–water partition coefficient (Wildman–Crippen LogP) is 0.199. The molecule has 2 rings (SSSR count). The first-order chi connectivity index (χ1) is 9.08. The molecule has 1 aromatic carbocycles. The van der Waals surface area contributed by atoms with E-state index < -0.39 is 6.10 Å². The van der Waals surface area contributed by atoms with E-state index >= 15 is 0 Å². The Morgan fingerprint density at radius 1 is 1.26 bits per heavy atom. The highest BCUT2D eigenvalue weighted by Crippen LogP contribution is 2.08. The molecule has 1 amide bonds. The van der Waals surface area contributed by atoms with Crippen molar-refractivity contribution in [2.24, 2.45) is 5.92 Å². The maximum atomic E-state index is 11.9. The van der Waals surface area contributed by atoms with Crippen LogP contribution in [-0.4, -0.2) is 42.5 Å². The highest BCUT2D eigenvalue weighted by molar-refractivity contribution is 5.97. The number of carbonyl (C=O) groups is 2. The molecule has 0 bridgehead atoms. The molecule has 5 nitrogen and oxygen atoms in total. The Hall–Kier alpha value is -1.72. The molecule has 1 aliphatic rings. The first kappa shape index (κ1) is 13.7. The minimum absolute atomic E-state index is 0.0212. The van der Waals surface area contributed by atoms with E-state index in [0.29, 0.717) is 30.8 Å². The second-order valence-corrected chi connectivity index (χ2v) is 4.83. The van der Waals surface area contributed by atoms with E-state index in [2.05, 4.69) is 10.6 Å². The van der Waals surface area contributed by atoms with E-state index in [-0.39, 0.29) is 17.6 Å². The molecule has 0 spiro atoms. The van der Waals surface area contributed by atoms with E-state index in [0.717, 1.165) is 0 Å². The number of benzene rings is 1. The van der Waals surface area contributed by atoms with Crippen LogP contribution in [0, 0.1) is 5.92 Å². The summed E-state index contributed by atoms with van der Waals surface area (Å²) in [7, 11) is 0. The zero-order chi connectivity index (χ0) is 13.8. The number of nitrogens with one attached hydrogen (secondary N) is 2. The Kier molecular flexibility index (Phi) is 4.29. The molecule has 2 unspecified atom stereocenters. The lowest BCUT2D eigenvalue weighted by Gasteiger charge is -2.14. The zero-order valence-electron chi connectivity index (χ0n) is 10.8. The van der Waals surface area contributed by atoms with Gasteiger partial charge in [-0.05, 0) is 19.1 Å². The standard InChI is InChI=1S/C14H18N2O3/c1-9(17)10-2-4-11(5-3-10)14(19)16-7-12-6-15-8-13(12)18/h2-5,12-13,15,18H,6-8H2,1H3,(H,16,19). The summed E-state index contributed by atoms with van der Waals surface area (Å²) >= 11 is 0. The van der Waals surface area contributed by atoms with Gasteiger partial charge in [-0.15, -0.1) is 0 Å². The fourth-order valence-electron chi connectivity index (χ4n) is 2.11. The van der Waals surface area contributed by atoms with Crippen LogP contribution in [-0.2, 0) is 0 Å². The van der Waals surface area contributed by atoms with Gasteiger partial charge in [0.05, 0.1) is 6.10 Å². The number of aliphatic hydroxyl groups is 1. The lowest BCUT2D eigenvalue weighted by atomic mass is 10.1. The molecule has 1 saturated heterocycles. The van der Waals surface area contributed by atoms with Gasteiger partial charge in [-0.1, -0.05) is 12.1 Å². The number of Topliss-reactive ketones (excluding diaryl/α,β-unsaturated/α-hetero) is 1. The van der Waals surface area contributed by atoms with Crippen molar-refractivity contribution >= 4 is 11.7 Å². The number of aliphatic hydroxyl groups excluding tert-OH is 1. The topological polar surface area (TPSA) is 78.4 Å². The lowest BCUT2D eigenvalue weighted by molar-refractivity contribution is 0.0925. The third-order valence-electron chi connectivity index (χ3n) is 3.38. The van der Waals surface area contributed by atoms with Gasteiger partial charge in [-0.2, -0.15) is 0 Å². The summed E-state index contributed by atoms with van der Waals surface area (Å²) in [6.45, 7) is 3.23. The fourth-order valence-corrected chi connectivity index (χ4v) is 2.11. The Morgan fingerprint density at radius 2 is 1.89 bits per heavy atom. The van der Waals surface area contributed by atoms with Crippen LogP contribution in [0.15, 0.2) is 24.3 Å². The minimum Gasteiger partial charge on any atom is -0.391 e. The third-order valence-corrected chi connectivity index (χ3v) is 3.38. The molecule has 1 aliphatic heterocycles. The molecular weight excluding hydrogens is 244 g/mol. The number of amides is 1. The number of carbonyl (C=O) groups excluding carboxylic acids is 2. The average Bonchev–Trinajstić information content (AvgIpc) is 2.81. The van der Waals surface area contributed by atoms with E-state index in [4.69, 9.17) is 0 Å². The van der Waals surface area contributed by atoms with Gasteiger partial charge in [0.2, 0.25) is 0 Å². The van der Waals surface area contributed by atoms with Crippen molar-refractivity contribution in [2.45, 2.75) is 13.0 Å². The quantitative estimate of drug-likeness (QED) is 0.677. The van der Waals surface area contributed by atoms with Crippen LogP contribution in [0.5, 0.6) is 0 Å². The summed E-state index contributed by atoms with van der Waals surface area (Å²) in [6, 6.07) is 6.55. The van der Waals surface area contributed by atoms with Crippen molar-refractivity contribution < 1.29 is 14.7 Å². The van der Waals surface area contributed by atoms with E-state index in [1.165, 1.54) is 6.92 Å². The van der Waals surface area contributed by atoms with Crippen molar-refractivity contribution in [1.29, 1.82) is 0 Å². The van der Waals surface area contributed by atoms with Crippen LogP contribution in [0.4, 0.5) is 0 Å². The molecule has 2 atom stereocenters. The predicted molar refractivity (Wildman–Crippen MR) is 71.1 cm³/mol. The fraction of sp³-hybridized carbons (Fsp3) is 0.429.